The van der Waals surface area contributed by atoms with Crippen LogP contribution in [0.15, 0.2) is 12.3 Å². The molecular formula is C15H23ClN2O2S. The number of aromatic nitrogens is 1. The van der Waals surface area contributed by atoms with Crippen molar-refractivity contribution in [1.29, 1.82) is 0 Å². The van der Waals surface area contributed by atoms with Crippen LogP contribution in [0, 0.1) is 5.92 Å². The van der Waals surface area contributed by atoms with E-state index in [0.29, 0.717) is 23.4 Å². The Morgan fingerprint density at radius 2 is 2.19 bits per heavy atom. The van der Waals surface area contributed by atoms with Crippen LogP contribution in [0.1, 0.15) is 52.1 Å². The average molecular weight is 331 g/mol. The zero-order valence-corrected chi connectivity index (χ0v) is 14.6. The van der Waals surface area contributed by atoms with Gasteiger partial charge in [-0.1, -0.05) is 11.6 Å². The molecule has 1 N–H and O–H groups in total. The van der Waals surface area contributed by atoms with E-state index in [9.17, 15) is 4.55 Å². The van der Waals surface area contributed by atoms with Crippen molar-refractivity contribution in [2.24, 2.45) is 5.92 Å². The monoisotopic (exact) mass is 330 g/mol. The van der Waals surface area contributed by atoms with E-state index in [-0.39, 0.29) is 10.8 Å². The summed E-state index contributed by atoms with van der Waals surface area (Å²) in [5, 5.41) is 0.503. The van der Waals surface area contributed by atoms with Crippen molar-refractivity contribution in [1.82, 2.24) is 9.71 Å². The number of halogens is 1. The van der Waals surface area contributed by atoms with E-state index >= 15 is 0 Å². The van der Waals surface area contributed by atoms with Crippen LogP contribution in [0.3, 0.4) is 0 Å². The second kappa shape index (κ2) is 6.73. The summed E-state index contributed by atoms with van der Waals surface area (Å²) in [6.45, 7) is 8.43. The molecule has 4 nitrogen and oxygen atoms in total. The normalized spacial score (nSPS) is 18.4. The fraction of sp³-hybridized carbons (Fsp3) is 0.667. The second-order valence-corrected chi connectivity index (χ2v) is 8.94. The highest BCUT2D eigenvalue weighted by atomic mass is 35.5. The van der Waals surface area contributed by atoms with E-state index in [1.54, 1.807) is 6.20 Å². The maximum Gasteiger partial charge on any atom is 0.232 e. The quantitative estimate of drug-likeness (QED) is 0.809. The summed E-state index contributed by atoms with van der Waals surface area (Å²) in [7, 11) is 0. The molecular weight excluding hydrogens is 308 g/mol. The second-order valence-electron chi connectivity index (χ2n) is 6.53. The SMILES string of the molecule is CC(N[S+]([O-])C(C)(C)C)c1cnc(OCC2CC2)c(Cl)c1. The van der Waals surface area contributed by atoms with E-state index < -0.39 is 11.4 Å². The Kier molecular flexibility index (Phi) is 5.41. The van der Waals surface area contributed by atoms with Crippen molar-refractivity contribution in [3.63, 3.8) is 0 Å². The molecule has 1 aromatic heterocycles. The summed E-state index contributed by atoms with van der Waals surface area (Å²) in [4.78, 5) is 4.28. The van der Waals surface area contributed by atoms with E-state index in [4.69, 9.17) is 16.3 Å². The van der Waals surface area contributed by atoms with Gasteiger partial charge in [0.2, 0.25) is 5.88 Å². The fourth-order valence-corrected chi connectivity index (χ4v) is 2.71. The van der Waals surface area contributed by atoms with E-state index in [1.807, 2.05) is 33.8 Å². The Morgan fingerprint density at radius 1 is 1.52 bits per heavy atom. The minimum absolute atomic E-state index is 0.0902. The fourth-order valence-electron chi connectivity index (χ4n) is 1.67. The van der Waals surface area contributed by atoms with Gasteiger partial charge in [-0.25, -0.2) is 4.98 Å². The summed E-state index contributed by atoms with van der Waals surface area (Å²) in [5.41, 5.74) is 0.899. The van der Waals surface area contributed by atoms with Gasteiger partial charge in [-0.05, 0) is 58.1 Å². The van der Waals surface area contributed by atoms with Crippen LogP contribution in [-0.2, 0) is 11.4 Å². The highest BCUT2D eigenvalue weighted by molar-refractivity contribution is 7.90. The molecule has 1 saturated carbocycles. The van der Waals surface area contributed by atoms with E-state index in [0.717, 1.165) is 5.56 Å². The maximum absolute atomic E-state index is 12.1. The molecule has 1 aromatic rings. The van der Waals surface area contributed by atoms with Gasteiger partial charge in [0.25, 0.3) is 0 Å². The van der Waals surface area contributed by atoms with Crippen molar-refractivity contribution in [3.8, 4) is 5.88 Å². The van der Waals surface area contributed by atoms with Gasteiger partial charge in [0.1, 0.15) is 9.77 Å². The Hall–Kier alpha value is -0.490. The predicted molar refractivity (Wildman–Crippen MR) is 86.9 cm³/mol. The molecule has 6 heteroatoms. The van der Waals surface area contributed by atoms with Crippen LogP contribution >= 0.6 is 11.6 Å². The number of ether oxygens (including phenoxy) is 1. The molecule has 2 rings (SSSR count). The maximum atomic E-state index is 12.1. The number of nitrogens with one attached hydrogen (secondary N) is 1. The first-order chi connectivity index (χ1) is 9.77. The molecule has 0 radical (unpaired) electrons. The highest BCUT2D eigenvalue weighted by Crippen LogP contribution is 2.31. The number of hydrogen-bond donors (Lipinski definition) is 1. The first-order valence-corrected chi connectivity index (χ1v) is 8.76. The largest absolute Gasteiger partial charge is 0.598 e. The van der Waals surface area contributed by atoms with Crippen LogP contribution < -0.4 is 9.46 Å². The Balaban J connectivity index is 1.97. The minimum atomic E-state index is -1.13. The van der Waals surface area contributed by atoms with Crippen LogP contribution in [0.4, 0.5) is 0 Å². The molecule has 0 amide bonds. The standard InChI is InChI=1S/C15H23ClN2O2S/c1-10(18-21(19)15(2,3)4)12-7-13(16)14(17-8-12)20-9-11-5-6-11/h7-8,10-11,18H,5-6,9H2,1-4H3. The Morgan fingerprint density at radius 3 is 2.71 bits per heavy atom. The molecule has 1 fully saturated rings. The zero-order valence-electron chi connectivity index (χ0n) is 13.0. The molecule has 118 valence electrons. The lowest BCUT2D eigenvalue weighted by Crippen LogP contribution is -2.40. The third kappa shape index (κ3) is 5.02. The molecule has 1 aliphatic rings. The molecule has 21 heavy (non-hydrogen) atoms. The average Bonchev–Trinajstić information content (AvgIpc) is 3.20. The lowest BCUT2D eigenvalue weighted by molar-refractivity contribution is 0.288. The summed E-state index contributed by atoms with van der Waals surface area (Å²) < 4.78 is 20.5. The smallest absolute Gasteiger partial charge is 0.232 e. The van der Waals surface area contributed by atoms with Crippen molar-refractivity contribution < 1.29 is 9.29 Å². The van der Waals surface area contributed by atoms with Crippen LogP contribution in [0.2, 0.25) is 5.02 Å². The van der Waals surface area contributed by atoms with Crippen LogP contribution in [-0.4, -0.2) is 20.9 Å². The van der Waals surface area contributed by atoms with Gasteiger partial charge in [-0.2, -0.15) is 0 Å². The number of rotatable bonds is 6. The Bertz CT molecular complexity index is 489. The Labute approximate surface area is 134 Å². The molecule has 0 aliphatic heterocycles. The predicted octanol–water partition coefficient (Wildman–Crippen LogP) is 3.64. The first-order valence-electron chi connectivity index (χ1n) is 7.23. The summed E-state index contributed by atoms with van der Waals surface area (Å²) in [5.74, 6) is 1.15. The molecule has 1 aliphatic carbocycles. The van der Waals surface area contributed by atoms with Crippen molar-refractivity contribution in [3.05, 3.63) is 22.8 Å². The van der Waals surface area contributed by atoms with Crippen molar-refractivity contribution >= 4 is 23.0 Å². The van der Waals surface area contributed by atoms with Gasteiger partial charge in [0, 0.05) is 17.6 Å². The van der Waals surface area contributed by atoms with Gasteiger partial charge in [0.05, 0.1) is 12.6 Å². The van der Waals surface area contributed by atoms with Gasteiger partial charge in [0.15, 0.2) is 0 Å². The summed E-state index contributed by atoms with van der Waals surface area (Å²) >= 11 is 5.08. The molecule has 0 spiro atoms. The molecule has 1 heterocycles. The van der Waals surface area contributed by atoms with Gasteiger partial charge in [-0.15, -0.1) is 4.72 Å². The highest BCUT2D eigenvalue weighted by Gasteiger charge is 2.28. The number of nitrogens with zero attached hydrogens (tertiary/aromatic N) is 1. The summed E-state index contributed by atoms with van der Waals surface area (Å²) in [6, 6.07) is 1.74. The number of hydrogen-bond acceptors (Lipinski definition) is 4. The molecule has 0 saturated heterocycles. The van der Waals surface area contributed by atoms with E-state index in [1.165, 1.54) is 12.8 Å². The lowest BCUT2D eigenvalue weighted by Gasteiger charge is -2.26. The number of pyridine rings is 1. The van der Waals surface area contributed by atoms with Gasteiger partial charge < -0.3 is 9.29 Å². The van der Waals surface area contributed by atoms with Crippen molar-refractivity contribution in [2.75, 3.05) is 6.61 Å². The van der Waals surface area contributed by atoms with Crippen LogP contribution in [0.25, 0.3) is 0 Å². The molecule has 2 atom stereocenters. The topological polar surface area (TPSA) is 57.2 Å². The first kappa shape index (κ1) is 16.9. The lowest BCUT2D eigenvalue weighted by atomic mass is 10.2. The van der Waals surface area contributed by atoms with Gasteiger partial charge >= 0.3 is 0 Å². The van der Waals surface area contributed by atoms with E-state index in [2.05, 4.69) is 9.71 Å². The summed E-state index contributed by atoms with van der Waals surface area (Å²) in [6.07, 6.45) is 4.19. The van der Waals surface area contributed by atoms with Crippen molar-refractivity contribution in [2.45, 2.75) is 51.3 Å². The van der Waals surface area contributed by atoms with Crippen LogP contribution in [0.5, 0.6) is 5.88 Å². The minimum Gasteiger partial charge on any atom is -0.598 e. The molecule has 0 aromatic carbocycles. The third-order valence-corrected chi connectivity index (χ3v) is 5.27. The molecule has 0 bridgehead atoms. The third-order valence-electron chi connectivity index (χ3n) is 3.32. The van der Waals surface area contributed by atoms with Gasteiger partial charge in [-0.3, -0.25) is 0 Å². The zero-order chi connectivity index (χ0) is 15.6. The molecule has 2 unspecified atom stereocenters.